The molecule has 0 aromatic carbocycles. The molecule has 6 heteroatoms. The second kappa shape index (κ2) is 7.64. The van der Waals surface area contributed by atoms with Crippen LogP contribution in [0.1, 0.15) is 55.3 Å². The minimum absolute atomic E-state index is 0.0520. The minimum Gasteiger partial charge on any atom is -0.481 e. The number of rotatable bonds is 4. The number of hydrogen-bond donors (Lipinski definition) is 2. The number of nitrogens with one attached hydrogen (secondary N) is 1. The van der Waals surface area contributed by atoms with Crippen LogP contribution in [-0.2, 0) is 4.79 Å². The molecule has 2 atom stereocenters. The van der Waals surface area contributed by atoms with E-state index >= 15 is 0 Å². The van der Waals surface area contributed by atoms with E-state index in [9.17, 15) is 9.59 Å². The first kappa shape index (κ1) is 16.7. The van der Waals surface area contributed by atoms with E-state index in [0.29, 0.717) is 18.4 Å². The maximum Gasteiger partial charge on any atom is 0.306 e. The molecule has 2 heterocycles. The van der Waals surface area contributed by atoms with Gasteiger partial charge in [-0.1, -0.05) is 12.8 Å². The molecule has 0 radical (unpaired) electrons. The molecule has 0 bridgehead atoms. The molecule has 3 rings (SSSR count). The molecule has 1 saturated carbocycles. The van der Waals surface area contributed by atoms with E-state index in [1.54, 1.807) is 6.20 Å². The summed E-state index contributed by atoms with van der Waals surface area (Å²) in [4.78, 5) is 30.0. The van der Waals surface area contributed by atoms with Crippen LogP contribution in [0.4, 0.5) is 5.82 Å². The van der Waals surface area contributed by atoms with Crippen LogP contribution in [0.5, 0.6) is 0 Å². The Morgan fingerprint density at radius 1 is 1.12 bits per heavy atom. The van der Waals surface area contributed by atoms with Gasteiger partial charge in [0.2, 0.25) is 0 Å². The SMILES string of the molecule is O=C(N[C@@H]1CC[C@H](C(=O)O)C1)c1ccc(N2CCCCCC2)nc1. The number of amides is 1. The van der Waals surface area contributed by atoms with Crippen LogP contribution in [0.2, 0.25) is 0 Å². The molecule has 24 heavy (non-hydrogen) atoms. The van der Waals surface area contributed by atoms with E-state index in [1.807, 2.05) is 12.1 Å². The third-order valence-corrected chi connectivity index (χ3v) is 5.06. The molecule has 2 fully saturated rings. The van der Waals surface area contributed by atoms with Crippen LogP contribution < -0.4 is 10.2 Å². The van der Waals surface area contributed by atoms with Crippen molar-refractivity contribution in [3.05, 3.63) is 23.9 Å². The molecular formula is C18H25N3O3. The molecule has 1 amide bonds. The predicted octanol–water partition coefficient (Wildman–Crippen LogP) is 2.45. The Morgan fingerprint density at radius 2 is 1.88 bits per heavy atom. The lowest BCUT2D eigenvalue weighted by Gasteiger charge is -2.21. The van der Waals surface area contributed by atoms with E-state index < -0.39 is 5.97 Å². The molecule has 1 aromatic rings. The smallest absolute Gasteiger partial charge is 0.306 e. The van der Waals surface area contributed by atoms with Gasteiger partial charge >= 0.3 is 5.97 Å². The molecule has 1 aromatic heterocycles. The largest absolute Gasteiger partial charge is 0.481 e. The van der Waals surface area contributed by atoms with Crippen LogP contribution in [0.25, 0.3) is 0 Å². The Morgan fingerprint density at radius 3 is 2.46 bits per heavy atom. The monoisotopic (exact) mass is 331 g/mol. The fourth-order valence-corrected chi connectivity index (χ4v) is 3.61. The lowest BCUT2D eigenvalue weighted by Crippen LogP contribution is -2.33. The van der Waals surface area contributed by atoms with Crippen molar-refractivity contribution in [2.45, 2.75) is 51.0 Å². The van der Waals surface area contributed by atoms with Crippen molar-refractivity contribution >= 4 is 17.7 Å². The summed E-state index contributed by atoms with van der Waals surface area (Å²) < 4.78 is 0. The van der Waals surface area contributed by atoms with Crippen molar-refractivity contribution in [2.75, 3.05) is 18.0 Å². The summed E-state index contributed by atoms with van der Waals surface area (Å²) in [7, 11) is 0. The quantitative estimate of drug-likeness (QED) is 0.885. The van der Waals surface area contributed by atoms with Gasteiger partial charge in [0, 0.05) is 25.3 Å². The van der Waals surface area contributed by atoms with E-state index in [4.69, 9.17) is 5.11 Å². The molecule has 1 saturated heterocycles. The van der Waals surface area contributed by atoms with Gasteiger partial charge in [-0.3, -0.25) is 9.59 Å². The van der Waals surface area contributed by atoms with Crippen molar-refractivity contribution in [3.63, 3.8) is 0 Å². The van der Waals surface area contributed by atoms with Crippen molar-refractivity contribution < 1.29 is 14.7 Å². The van der Waals surface area contributed by atoms with Gasteiger partial charge in [0.15, 0.2) is 0 Å². The third-order valence-electron chi connectivity index (χ3n) is 5.06. The average molecular weight is 331 g/mol. The molecule has 1 aliphatic carbocycles. The highest BCUT2D eigenvalue weighted by molar-refractivity contribution is 5.94. The number of carboxylic acid groups (broad SMARTS) is 1. The first-order valence-corrected chi connectivity index (χ1v) is 8.88. The highest BCUT2D eigenvalue weighted by Crippen LogP contribution is 2.26. The lowest BCUT2D eigenvalue weighted by molar-refractivity contribution is -0.141. The zero-order valence-corrected chi connectivity index (χ0v) is 13.9. The first-order valence-electron chi connectivity index (χ1n) is 8.88. The van der Waals surface area contributed by atoms with Crippen molar-refractivity contribution in [1.29, 1.82) is 0 Å². The second-order valence-electron chi connectivity index (χ2n) is 6.82. The zero-order chi connectivity index (χ0) is 16.9. The lowest BCUT2D eigenvalue weighted by atomic mass is 10.1. The summed E-state index contributed by atoms with van der Waals surface area (Å²) in [5.41, 5.74) is 0.535. The number of aromatic nitrogens is 1. The Labute approximate surface area is 142 Å². The van der Waals surface area contributed by atoms with Gasteiger partial charge in [-0.25, -0.2) is 4.98 Å². The average Bonchev–Trinajstić information content (AvgIpc) is 2.89. The number of hydrogen-bond acceptors (Lipinski definition) is 4. The van der Waals surface area contributed by atoms with Gasteiger partial charge in [0.05, 0.1) is 11.5 Å². The highest BCUT2D eigenvalue weighted by Gasteiger charge is 2.30. The van der Waals surface area contributed by atoms with Gasteiger partial charge in [-0.05, 0) is 44.2 Å². The zero-order valence-electron chi connectivity index (χ0n) is 13.9. The number of carbonyl (C=O) groups is 2. The second-order valence-corrected chi connectivity index (χ2v) is 6.82. The van der Waals surface area contributed by atoms with Gasteiger partial charge < -0.3 is 15.3 Å². The van der Waals surface area contributed by atoms with Crippen molar-refractivity contribution in [2.24, 2.45) is 5.92 Å². The fraction of sp³-hybridized carbons (Fsp3) is 0.611. The Bertz CT molecular complexity index is 580. The molecule has 2 aliphatic rings. The van der Waals surface area contributed by atoms with E-state index in [-0.39, 0.29) is 17.9 Å². The van der Waals surface area contributed by atoms with E-state index in [2.05, 4.69) is 15.2 Å². The van der Waals surface area contributed by atoms with Crippen LogP contribution in [0, 0.1) is 5.92 Å². The van der Waals surface area contributed by atoms with Crippen LogP contribution in [-0.4, -0.2) is 41.1 Å². The molecule has 130 valence electrons. The van der Waals surface area contributed by atoms with Gasteiger partial charge in [0.25, 0.3) is 5.91 Å². The highest BCUT2D eigenvalue weighted by atomic mass is 16.4. The van der Waals surface area contributed by atoms with Crippen molar-refractivity contribution in [1.82, 2.24) is 10.3 Å². The van der Waals surface area contributed by atoms with Crippen LogP contribution >= 0.6 is 0 Å². The van der Waals surface area contributed by atoms with Gasteiger partial charge in [-0.2, -0.15) is 0 Å². The molecular weight excluding hydrogens is 306 g/mol. The fourth-order valence-electron chi connectivity index (χ4n) is 3.61. The summed E-state index contributed by atoms with van der Waals surface area (Å²) in [5.74, 6) is -0.338. The summed E-state index contributed by atoms with van der Waals surface area (Å²) >= 11 is 0. The number of aliphatic carboxylic acids is 1. The molecule has 1 aliphatic heterocycles. The molecule has 2 N–H and O–H groups in total. The number of nitrogens with zero attached hydrogens (tertiary/aromatic N) is 2. The van der Waals surface area contributed by atoms with Crippen LogP contribution in [0.3, 0.4) is 0 Å². The summed E-state index contributed by atoms with van der Waals surface area (Å²) in [6.45, 7) is 2.05. The topological polar surface area (TPSA) is 82.5 Å². The number of carboxylic acids is 1. The summed E-state index contributed by atoms with van der Waals surface area (Å²) in [6.07, 6.45) is 8.42. The molecule has 0 unspecified atom stereocenters. The van der Waals surface area contributed by atoms with Crippen molar-refractivity contribution in [3.8, 4) is 0 Å². The molecule has 6 nitrogen and oxygen atoms in total. The minimum atomic E-state index is -0.768. The Balaban J connectivity index is 1.57. The van der Waals surface area contributed by atoms with Crippen LogP contribution in [0.15, 0.2) is 18.3 Å². The third kappa shape index (κ3) is 4.04. The summed E-state index contributed by atoms with van der Waals surface area (Å²) in [6, 6.07) is 3.67. The first-order chi connectivity index (χ1) is 11.6. The summed E-state index contributed by atoms with van der Waals surface area (Å²) in [5, 5.41) is 12.0. The van der Waals surface area contributed by atoms with E-state index in [0.717, 1.165) is 25.3 Å². The maximum absolute atomic E-state index is 12.3. The van der Waals surface area contributed by atoms with Gasteiger partial charge in [0.1, 0.15) is 5.82 Å². The van der Waals surface area contributed by atoms with E-state index in [1.165, 1.54) is 25.7 Å². The Kier molecular flexibility index (Phi) is 5.33. The number of pyridine rings is 1. The normalized spacial score (nSPS) is 24.4. The number of anilines is 1. The standard InChI is InChI=1S/C18H25N3O3/c22-17(20-15-7-5-13(11-15)18(23)24)14-6-8-16(19-12-14)21-9-3-1-2-4-10-21/h6,8,12-13,15H,1-5,7,9-11H2,(H,20,22)(H,23,24)/t13-,15+/m0/s1. The predicted molar refractivity (Wildman–Crippen MR) is 91.1 cm³/mol. The number of carbonyl (C=O) groups excluding carboxylic acids is 1. The maximum atomic E-state index is 12.3. The molecule has 0 spiro atoms. The van der Waals surface area contributed by atoms with Gasteiger partial charge in [-0.15, -0.1) is 0 Å². The Hall–Kier alpha value is -2.11.